The third-order valence-corrected chi connectivity index (χ3v) is 5.86. The van der Waals surface area contributed by atoms with Gasteiger partial charge < -0.3 is 14.8 Å². The largest absolute Gasteiger partial charge is 0.493 e. The number of ether oxygens (including phenoxy) is 2. The van der Waals surface area contributed by atoms with E-state index in [0.29, 0.717) is 36.7 Å². The fraction of sp³-hybridized carbons (Fsp3) is 0.571. The first-order valence-corrected chi connectivity index (χ1v) is 8.31. The van der Waals surface area contributed by atoms with Crippen LogP contribution in [-0.2, 0) is 10.0 Å². The van der Waals surface area contributed by atoms with Crippen LogP contribution in [0.5, 0.6) is 11.5 Å². The van der Waals surface area contributed by atoms with E-state index in [-0.39, 0.29) is 23.3 Å². The van der Waals surface area contributed by atoms with Gasteiger partial charge in [-0.05, 0) is 25.5 Å². The molecule has 0 aliphatic carbocycles. The molecule has 1 atom stereocenters. The predicted molar refractivity (Wildman–Crippen MR) is 87.8 cm³/mol. The minimum absolute atomic E-state index is 0. The van der Waals surface area contributed by atoms with E-state index >= 15 is 0 Å². The van der Waals surface area contributed by atoms with Gasteiger partial charge in [-0.3, -0.25) is 0 Å². The zero-order valence-corrected chi connectivity index (χ0v) is 14.9. The maximum absolute atomic E-state index is 12.9. The maximum Gasteiger partial charge on any atom is 0.243 e. The molecule has 6 nitrogen and oxygen atoms in total. The standard InChI is InChI=1S/C14H22N2O4S.ClH/c1-10-7-12(19-3)13(20-4)8-14(10)21(17,18)16-6-5-15-9-11(16)2;/h7-8,11,15H,5-6,9H2,1-4H3;1H. The summed E-state index contributed by atoms with van der Waals surface area (Å²) in [5.74, 6) is 0.951. The summed E-state index contributed by atoms with van der Waals surface area (Å²) in [6.07, 6.45) is 0. The molecule has 1 N–H and O–H groups in total. The summed E-state index contributed by atoms with van der Waals surface area (Å²) in [6.45, 7) is 5.46. The Morgan fingerprint density at radius 3 is 2.36 bits per heavy atom. The van der Waals surface area contributed by atoms with E-state index in [1.165, 1.54) is 24.6 Å². The molecule has 1 saturated heterocycles. The van der Waals surface area contributed by atoms with Crippen LogP contribution in [0.2, 0.25) is 0 Å². The lowest BCUT2D eigenvalue weighted by Crippen LogP contribution is -2.52. The molecule has 1 fully saturated rings. The van der Waals surface area contributed by atoms with Crippen LogP contribution in [0.4, 0.5) is 0 Å². The average Bonchev–Trinajstić information content (AvgIpc) is 2.46. The Morgan fingerprint density at radius 1 is 1.23 bits per heavy atom. The van der Waals surface area contributed by atoms with Crippen molar-refractivity contribution in [3.05, 3.63) is 17.7 Å². The third kappa shape index (κ3) is 3.48. The molecule has 8 heteroatoms. The van der Waals surface area contributed by atoms with E-state index in [0.717, 1.165) is 0 Å². The Labute approximate surface area is 138 Å². The van der Waals surface area contributed by atoms with Crippen LogP contribution in [0.1, 0.15) is 12.5 Å². The topological polar surface area (TPSA) is 67.9 Å². The number of rotatable bonds is 4. The zero-order valence-electron chi connectivity index (χ0n) is 13.3. The third-order valence-electron chi connectivity index (χ3n) is 3.71. The van der Waals surface area contributed by atoms with Gasteiger partial charge in [-0.15, -0.1) is 12.4 Å². The van der Waals surface area contributed by atoms with Crippen LogP contribution in [0.3, 0.4) is 0 Å². The summed E-state index contributed by atoms with van der Waals surface area (Å²) in [4.78, 5) is 0.272. The summed E-state index contributed by atoms with van der Waals surface area (Å²) >= 11 is 0. The lowest BCUT2D eigenvalue weighted by molar-refractivity contribution is 0.283. The zero-order chi connectivity index (χ0) is 15.6. The van der Waals surface area contributed by atoms with Crippen molar-refractivity contribution in [2.75, 3.05) is 33.9 Å². The van der Waals surface area contributed by atoms with Crippen molar-refractivity contribution < 1.29 is 17.9 Å². The van der Waals surface area contributed by atoms with Gasteiger partial charge in [0.1, 0.15) is 0 Å². The first-order valence-electron chi connectivity index (χ1n) is 6.87. The second kappa shape index (κ2) is 7.50. The fourth-order valence-electron chi connectivity index (χ4n) is 2.55. The summed E-state index contributed by atoms with van der Waals surface area (Å²) < 4.78 is 37.7. The molecule has 0 radical (unpaired) electrons. The molecule has 126 valence electrons. The minimum Gasteiger partial charge on any atom is -0.493 e. The molecule has 1 heterocycles. The number of hydrogen-bond donors (Lipinski definition) is 1. The molecule has 0 bridgehead atoms. The van der Waals surface area contributed by atoms with Crippen molar-refractivity contribution >= 4 is 22.4 Å². The van der Waals surface area contributed by atoms with Crippen LogP contribution in [0.25, 0.3) is 0 Å². The van der Waals surface area contributed by atoms with Gasteiger partial charge in [-0.2, -0.15) is 4.31 Å². The summed E-state index contributed by atoms with van der Waals surface area (Å²) in [5.41, 5.74) is 0.651. The number of halogens is 1. The van der Waals surface area contributed by atoms with Crippen molar-refractivity contribution in [2.45, 2.75) is 24.8 Å². The highest BCUT2D eigenvalue weighted by Crippen LogP contribution is 2.34. The van der Waals surface area contributed by atoms with Gasteiger partial charge in [0.25, 0.3) is 0 Å². The van der Waals surface area contributed by atoms with Crippen molar-refractivity contribution in [2.24, 2.45) is 0 Å². The molecule has 0 saturated carbocycles. The van der Waals surface area contributed by atoms with E-state index in [1.807, 2.05) is 6.92 Å². The van der Waals surface area contributed by atoms with Gasteiger partial charge in [0.15, 0.2) is 11.5 Å². The Kier molecular flexibility index (Phi) is 6.49. The molecular formula is C14H23ClN2O4S. The number of hydrogen-bond acceptors (Lipinski definition) is 5. The predicted octanol–water partition coefficient (Wildman–Crippen LogP) is 1.42. The van der Waals surface area contributed by atoms with Crippen molar-refractivity contribution in [3.8, 4) is 11.5 Å². The lowest BCUT2D eigenvalue weighted by Gasteiger charge is -2.33. The first-order chi connectivity index (χ1) is 9.91. The van der Waals surface area contributed by atoms with Crippen molar-refractivity contribution in [1.29, 1.82) is 0 Å². The number of piperazine rings is 1. The van der Waals surface area contributed by atoms with E-state index in [1.54, 1.807) is 13.0 Å². The van der Waals surface area contributed by atoms with Crippen LogP contribution < -0.4 is 14.8 Å². The quantitative estimate of drug-likeness (QED) is 0.889. The highest BCUT2D eigenvalue weighted by molar-refractivity contribution is 7.89. The van der Waals surface area contributed by atoms with Gasteiger partial charge in [0.2, 0.25) is 10.0 Å². The van der Waals surface area contributed by atoms with E-state index in [4.69, 9.17) is 9.47 Å². The first kappa shape index (κ1) is 19.0. The van der Waals surface area contributed by atoms with Crippen LogP contribution in [0, 0.1) is 6.92 Å². The van der Waals surface area contributed by atoms with Crippen LogP contribution >= 0.6 is 12.4 Å². The smallest absolute Gasteiger partial charge is 0.243 e. The summed E-state index contributed by atoms with van der Waals surface area (Å²) in [6, 6.07) is 3.16. The number of aryl methyl sites for hydroxylation is 1. The molecule has 2 rings (SSSR count). The average molecular weight is 351 g/mol. The molecular weight excluding hydrogens is 328 g/mol. The normalized spacial score (nSPS) is 19.4. The van der Waals surface area contributed by atoms with E-state index in [2.05, 4.69) is 5.32 Å². The number of nitrogens with zero attached hydrogens (tertiary/aromatic N) is 1. The molecule has 1 unspecified atom stereocenters. The molecule has 22 heavy (non-hydrogen) atoms. The molecule has 1 aliphatic heterocycles. The van der Waals surface area contributed by atoms with Gasteiger partial charge >= 0.3 is 0 Å². The summed E-state index contributed by atoms with van der Waals surface area (Å²) in [7, 11) is -0.513. The van der Waals surface area contributed by atoms with Gasteiger partial charge in [0, 0.05) is 31.7 Å². The summed E-state index contributed by atoms with van der Waals surface area (Å²) in [5, 5.41) is 3.19. The Morgan fingerprint density at radius 2 is 1.82 bits per heavy atom. The SMILES string of the molecule is COc1cc(C)c(S(=O)(=O)N2CCNCC2C)cc1OC.Cl. The van der Waals surface area contributed by atoms with Gasteiger partial charge in [0.05, 0.1) is 19.1 Å². The van der Waals surface area contributed by atoms with Gasteiger partial charge in [-0.1, -0.05) is 0 Å². The van der Waals surface area contributed by atoms with Crippen molar-refractivity contribution in [1.82, 2.24) is 9.62 Å². The number of benzene rings is 1. The lowest BCUT2D eigenvalue weighted by atomic mass is 10.2. The van der Waals surface area contributed by atoms with Gasteiger partial charge in [-0.25, -0.2) is 8.42 Å². The number of sulfonamides is 1. The molecule has 1 aliphatic rings. The fourth-order valence-corrected chi connectivity index (χ4v) is 4.40. The minimum atomic E-state index is -3.54. The van der Waals surface area contributed by atoms with Crippen LogP contribution in [-0.4, -0.2) is 52.6 Å². The second-order valence-corrected chi connectivity index (χ2v) is 7.00. The highest BCUT2D eigenvalue weighted by atomic mass is 35.5. The highest BCUT2D eigenvalue weighted by Gasteiger charge is 2.32. The Hall–Kier alpha value is -1.02. The Balaban J connectivity index is 0.00000242. The molecule has 0 aromatic heterocycles. The molecule has 1 aromatic carbocycles. The van der Waals surface area contributed by atoms with Crippen molar-refractivity contribution in [3.63, 3.8) is 0 Å². The van der Waals surface area contributed by atoms with E-state index in [9.17, 15) is 8.42 Å². The number of nitrogens with one attached hydrogen (secondary N) is 1. The van der Waals surface area contributed by atoms with Crippen LogP contribution in [0.15, 0.2) is 17.0 Å². The molecule has 1 aromatic rings. The number of methoxy groups -OCH3 is 2. The molecule has 0 amide bonds. The Bertz CT molecular complexity index is 622. The second-order valence-electron chi connectivity index (χ2n) is 5.14. The van der Waals surface area contributed by atoms with E-state index < -0.39 is 10.0 Å². The molecule has 0 spiro atoms. The maximum atomic E-state index is 12.9. The monoisotopic (exact) mass is 350 g/mol.